The minimum absolute atomic E-state index is 0.592. The van der Waals surface area contributed by atoms with Crippen LogP contribution in [-0.2, 0) is 13.1 Å². The van der Waals surface area contributed by atoms with E-state index in [4.69, 9.17) is 5.73 Å². The van der Waals surface area contributed by atoms with Crippen LogP contribution >= 0.6 is 0 Å². The molecule has 0 aliphatic rings. The fourth-order valence-corrected chi connectivity index (χ4v) is 2.61. The van der Waals surface area contributed by atoms with Crippen LogP contribution in [0, 0.1) is 6.92 Å². The summed E-state index contributed by atoms with van der Waals surface area (Å²) in [5.74, 6) is 0. The number of rotatable bonds is 3. The van der Waals surface area contributed by atoms with E-state index in [-0.39, 0.29) is 0 Å². The highest BCUT2D eigenvalue weighted by Gasteiger charge is 2.05. The Kier molecular flexibility index (Phi) is 3.10. The Hall–Kier alpha value is -2.06. The van der Waals surface area contributed by atoms with Crippen LogP contribution in [0.5, 0.6) is 0 Å². The van der Waals surface area contributed by atoms with Gasteiger partial charge in [0.2, 0.25) is 0 Å². The molecule has 0 saturated heterocycles. The molecule has 2 N–H and O–H groups in total. The van der Waals surface area contributed by atoms with E-state index in [0.29, 0.717) is 6.54 Å². The molecule has 0 aliphatic carbocycles. The Bertz CT molecular complexity index is 710. The first-order chi connectivity index (χ1) is 9.29. The second-order valence-electron chi connectivity index (χ2n) is 4.92. The third-order valence-electron chi connectivity index (χ3n) is 3.71. The van der Waals surface area contributed by atoms with Crippen molar-refractivity contribution in [3.63, 3.8) is 0 Å². The molecule has 3 rings (SSSR count). The molecule has 0 spiro atoms. The van der Waals surface area contributed by atoms with Crippen LogP contribution in [0.2, 0.25) is 0 Å². The van der Waals surface area contributed by atoms with Gasteiger partial charge in [-0.25, -0.2) is 0 Å². The van der Waals surface area contributed by atoms with Gasteiger partial charge in [0, 0.05) is 30.2 Å². The van der Waals surface area contributed by atoms with Gasteiger partial charge in [-0.15, -0.1) is 0 Å². The Labute approximate surface area is 113 Å². The number of hydrogen-bond acceptors (Lipinski definition) is 1. The van der Waals surface area contributed by atoms with E-state index < -0.39 is 0 Å². The summed E-state index contributed by atoms with van der Waals surface area (Å²) in [7, 11) is 0. The van der Waals surface area contributed by atoms with Crippen molar-refractivity contribution in [1.29, 1.82) is 0 Å². The van der Waals surface area contributed by atoms with Crippen LogP contribution < -0.4 is 5.73 Å². The van der Waals surface area contributed by atoms with Gasteiger partial charge in [0.25, 0.3) is 0 Å². The van der Waals surface area contributed by atoms with Crippen molar-refractivity contribution in [2.24, 2.45) is 5.73 Å². The smallest absolute Gasteiger partial charge is 0.0486 e. The summed E-state index contributed by atoms with van der Waals surface area (Å²) in [6, 6.07) is 17.0. The summed E-state index contributed by atoms with van der Waals surface area (Å²) in [4.78, 5) is 0. The molecule has 3 aromatic rings. The van der Waals surface area contributed by atoms with Gasteiger partial charge in [-0.05, 0) is 35.7 Å². The highest BCUT2D eigenvalue weighted by atomic mass is 14.9. The summed E-state index contributed by atoms with van der Waals surface area (Å²) < 4.78 is 2.29. The second kappa shape index (κ2) is 4.90. The van der Waals surface area contributed by atoms with E-state index in [1.165, 1.54) is 27.6 Å². The molecule has 0 aliphatic heterocycles. The van der Waals surface area contributed by atoms with Crippen molar-refractivity contribution in [1.82, 2.24) is 4.57 Å². The first kappa shape index (κ1) is 12.0. The maximum absolute atomic E-state index is 5.81. The van der Waals surface area contributed by atoms with Gasteiger partial charge in [0.05, 0.1) is 0 Å². The average molecular weight is 250 g/mol. The molecule has 2 aromatic carbocycles. The van der Waals surface area contributed by atoms with E-state index in [1.807, 2.05) is 6.07 Å². The largest absolute Gasteiger partial charge is 0.343 e. The van der Waals surface area contributed by atoms with Crippen molar-refractivity contribution >= 4 is 10.9 Å². The first-order valence-electron chi connectivity index (χ1n) is 6.61. The van der Waals surface area contributed by atoms with E-state index in [0.717, 1.165) is 6.54 Å². The summed E-state index contributed by atoms with van der Waals surface area (Å²) in [6.07, 6.45) is 2.16. The molecule has 2 heteroatoms. The van der Waals surface area contributed by atoms with E-state index >= 15 is 0 Å². The lowest BCUT2D eigenvalue weighted by Gasteiger charge is -2.10. The Balaban J connectivity index is 2.04. The van der Waals surface area contributed by atoms with Gasteiger partial charge in [0.1, 0.15) is 0 Å². The summed E-state index contributed by atoms with van der Waals surface area (Å²) in [5.41, 5.74) is 10.9. The third kappa shape index (κ3) is 2.15. The van der Waals surface area contributed by atoms with Gasteiger partial charge in [-0.3, -0.25) is 0 Å². The molecular weight excluding hydrogens is 232 g/mol. The van der Waals surface area contributed by atoms with Crippen molar-refractivity contribution < 1.29 is 0 Å². The minimum atomic E-state index is 0.592. The topological polar surface area (TPSA) is 30.9 Å². The van der Waals surface area contributed by atoms with Gasteiger partial charge in [-0.1, -0.05) is 36.4 Å². The predicted octanol–water partition coefficient (Wildman–Crippen LogP) is 3.46. The molecule has 19 heavy (non-hydrogen) atoms. The molecule has 0 atom stereocenters. The maximum Gasteiger partial charge on any atom is 0.0486 e. The zero-order valence-corrected chi connectivity index (χ0v) is 11.1. The standard InChI is InChI=1S/C17H18N2/c1-13-5-4-8-17-16(13)9-10-19(17)12-15-7-3-2-6-14(15)11-18/h2-10H,11-12,18H2,1H3. The van der Waals surface area contributed by atoms with Crippen molar-refractivity contribution in [3.05, 3.63) is 71.4 Å². The minimum Gasteiger partial charge on any atom is -0.343 e. The molecule has 0 bridgehead atoms. The number of aryl methyl sites for hydroxylation is 1. The highest BCUT2D eigenvalue weighted by molar-refractivity contribution is 5.83. The lowest BCUT2D eigenvalue weighted by Crippen LogP contribution is -2.05. The molecule has 96 valence electrons. The van der Waals surface area contributed by atoms with Crippen LogP contribution in [0.3, 0.4) is 0 Å². The van der Waals surface area contributed by atoms with E-state index in [9.17, 15) is 0 Å². The molecule has 1 heterocycles. The van der Waals surface area contributed by atoms with Crippen LogP contribution in [0.25, 0.3) is 10.9 Å². The maximum atomic E-state index is 5.81. The number of fused-ring (bicyclic) bond motifs is 1. The molecule has 0 amide bonds. The third-order valence-corrected chi connectivity index (χ3v) is 3.71. The molecule has 0 saturated carbocycles. The molecule has 2 nitrogen and oxygen atoms in total. The molecular formula is C17H18N2. The van der Waals surface area contributed by atoms with Crippen LogP contribution in [0.4, 0.5) is 0 Å². The quantitative estimate of drug-likeness (QED) is 0.758. The molecule has 0 unspecified atom stereocenters. The monoisotopic (exact) mass is 250 g/mol. The average Bonchev–Trinajstić information content (AvgIpc) is 2.84. The van der Waals surface area contributed by atoms with Crippen LogP contribution in [0.1, 0.15) is 16.7 Å². The fraction of sp³-hybridized carbons (Fsp3) is 0.176. The summed E-state index contributed by atoms with van der Waals surface area (Å²) in [6.45, 7) is 3.62. The van der Waals surface area contributed by atoms with E-state index in [1.54, 1.807) is 0 Å². The Morgan fingerprint density at radius 3 is 2.53 bits per heavy atom. The van der Waals surface area contributed by atoms with Crippen LogP contribution in [0.15, 0.2) is 54.7 Å². The fourth-order valence-electron chi connectivity index (χ4n) is 2.61. The lowest BCUT2D eigenvalue weighted by molar-refractivity contribution is 0.820. The molecule has 0 radical (unpaired) electrons. The Morgan fingerprint density at radius 1 is 0.947 bits per heavy atom. The van der Waals surface area contributed by atoms with E-state index in [2.05, 4.69) is 60.2 Å². The van der Waals surface area contributed by atoms with Crippen molar-refractivity contribution in [3.8, 4) is 0 Å². The summed E-state index contributed by atoms with van der Waals surface area (Å²) in [5, 5.41) is 1.33. The summed E-state index contributed by atoms with van der Waals surface area (Å²) >= 11 is 0. The van der Waals surface area contributed by atoms with Gasteiger partial charge in [-0.2, -0.15) is 0 Å². The predicted molar refractivity (Wildman–Crippen MR) is 80.1 cm³/mol. The number of aromatic nitrogens is 1. The van der Waals surface area contributed by atoms with Crippen molar-refractivity contribution in [2.45, 2.75) is 20.0 Å². The first-order valence-corrected chi connectivity index (χ1v) is 6.61. The lowest BCUT2D eigenvalue weighted by atomic mass is 10.1. The number of nitrogens with zero attached hydrogens (tertiary/aromatic N) is 1. The number of benzene rings is 2. The number of nitrogens with two attached hydrogens (primary N) is 1. The molecule has 1 aromatic heterocycles. The van der Waals surface area contributed by atoms with Gasteiger partial charge in [0.15, 0.2) is 0 Å². The van der Waals surface area contributed by atoms with Crippen LogP contribution in [-0.4, -0.2) is 4.57 Å². The number of hydrogen-bond donors (Lipinski definition) is 1. The molecule has 0 fully saturated rings. The zero-order valence-electron chi connectivity index (χ0n) is 11.1. The zero-order chi connectivity index (χ0) is 13.2. The van der Waals surface area contributed by atoms with Gasteiger partial charge < -0.3 is 10.3 Å². The van der Waals surface area contributed by atoms with Gasteiger partial charge >= 0.3 is 0 Å². The Morgan fingerprint density at radius 2 is 1.74 bits per heavy atom. The highest BCUT2D eigenvalue weighted by Crippen LogP contribution is 2.21. The normalized spacial score (nSPS) is 11.1. The SMILES string of the molecule is Cc1cccc2c1ccn2Cc1ccccc1CN. The second-order valence-corrected chi connectivity index (χ2v) is 4.92. The van der Waals surface area contributed by atoms with Crippen molar-refractivity contribution in [2.75, 3.05) is 0 Å².